The van der Waals surface area contributed by atoms with Crippen LogP contribution in [0, 0.1) is 0 Å². The summed E-state index contributed by atoms with van der Waals surface area (Å²) in [5.41, 5.74) is 5.93. The van der Waals surface area contributed by atoms with Crippen LogP contribution in [0.25, 0.3) is 0 Å². The quantitative estimate of drug-likeness (QED) is 0.557. The first-order chi connectivity index (χ1) is 6.66. The second kappa shape index (κ2) is 5.36. The van der Waals surface area contributed by atoms with E-state index in [9.17, 15) is 10.2 Å². The van der Waals surface area contributed by atoms with Gasteiger partial charge in [0.05, 0.1) is 6.10 Å². The number of nitrogens with two attached hydrogens (primary N) is 1. The van der Waals surface area contributed by atoms with E-state index in [4.69, 9.17) is 5.73 Å². The highest BCUT2D eigenvalue weighted by Gasteiger charge is 2.18. The summed E-state index contributed by atoms with van der Waals surface area (Å²) in [5, 5.41) is 19.3. The molecule has 1 aromatic rings. The van der Waals surface area contributed by atoms with Crippen molar-refractivity contribution < 1.29 is 10.2 Å². The zero-order valence-electron chi connectivity index (χ0n) is 7.80. The van der Waals surface area contributed by atoms with Crippen LogP contribution >= 0.6 is 12.6 Å². The molecule has 0 spiro atoms. The van der Waals surface area contributed by atoms with Crippen molar-refractivity contribution in [3.63, 3.8) is 0 Å². The van der Waals surface area contributed by atoms with Gasteiger partial charge in [0, 0.05) is 4.90 Å². The largest absolute Gasteiger partial charge is 0.390 e. The Morgan fingerprint density at radius 1 is 1.29 bits per heavy atom. The highest BCUT2D eigenvalue weighted by atomic mass is 32.1. The molecule has 0 radical (unpaired) electrons. The van der Waals surface area contributed by atoms with E-state index in [-0.39, 0.29) is 0 Å². The third kappa shape index (κ3) is 2.72. The summed E-state index contributed by atoms with van der Waals surface area (Å²) in [7, 11) is 0. The fourth-order valence-electron chi connectivity index (χ4n) is 1.27. The molecule has 1 rings (SSSR count). The number of thiol groups is 1. The zero-order valence-corrected chi connectivity index (χ0v) is 8.69. The Hall–Kier alpha value is -0.550. The summed E-state index contributed by atoms with van der Waals surface area (Å²) in [4.78, 5) is 0.677. The number of hydrogen-bond acceptors (Lipinski definition) is 4. The molecule has 14 heavy (non-hydrogen) atoms. The Bertz CT molecular complexity index is 293. The first-order valence-electron chi connectivity index (χ1n) is 4.51. The molecule has 0 aromatic heterocycles. The molecule has 1 aromatic carbocycles. The first-order valence-corrected chi connectivity index (χ1v) is 4.95. The van der Waals surface area contributed by atoms with Gasteiger partial charge in [-0.15, -0.1) is 12.6 Å². The van der Waals surface area contributed by atoms with Crippen molar-refractivity contribution in [2.75, 3.05) is 6.54 Å². The van der Waals surface area contributed by atoms with E-state index in [1.54, 1.807) is 18.2 Å². The molecule has 3 nitrogen and oxygen atoms in total. The summed E-state index contributed by atoms with van der Waals surface area (Å²) in [6.45, 7) is 0.354. The van der Waals surface area contributed by atoms with Crippen molar-refractivity contribution in [2.24, 2.45) is 5.73 Å². The lowest BCUT2D eigenvalue weighted by molar-refractivity contribution is 0.0135. The van der Waals surface area contributed by atoms with Crippen molar-refractivity contribution in [3.8, 4) is 0 Å². The number of benzene rings is 1. The van der Waals surface area contributed by atoms with Gasteiger partial charge in [-0.05, 0) is 24.6 Å². The lowest BCUT2D eigenvalue weighted by atomic mass is 10.0. The Morgan fingerprint density at radius 3 is 2.50 bits per heavy atom. The van der Waals surface area contributed by atoms with Crippen LogP contribution < -0.4 is 5.73 Å². The van der Waals surface area contributed by atoms with Crippen molar-refractivity contribution in [3.05, 3.63) is 29.8 Å². The number of hydrogen-bond donors (Lipinski definition) is 4. The third-order valence-corrected chi connectivity index (χ3v) is 2.49. The summed E-state index contributed by atoms with van der Waals surface area (Å²) < 4.78 is 0. The zero-order chi connectivity index (χ0) is 10.6. The summed E-state index contributed by atoms with van der Waals surface area (Å²) >= 11 is 4.20. The van der Waals surface area contributed by atoms with Crippen molar-refractivity contribution >= 4 is 12.6 Å². The van der Waals surface area contributed by atoms with Crippen LogP contribution in [-0.2, 0) is 0 Å². The van der Waals surface area contributed by atoms with Crippen molar-refractivity contribution in [1.82, 2.24) is 0 Å². The van der Waals surface area contributed by atoms with E-state index in [1.807, 2.05) is 6.07 Å². The predicted molar refractivity (Wildman–Crippen MR) is 58.3 cm³/mol. The van der Waals surface area contributed by atoms with Crippen LogP contribution in [0.3, 0.4) is 0 Å². The molecule has 0 aliphatic heterocycles. The van der Waals surface area contributed by atoms with Crippen LogP contribution in [0.2, 0.25) is 0 Å². The van der Waals surface area contributed by atoms with Gasteiger partial charge >= 0.3 is 0 Å². The smallest absolute Gasteiger partial charge is 0.106 e. The molecule has 4 N–H and O–H groups in total. The van der Waals surface area contributed by atoms with Crippen LogP contribution in [0.1, 0.15) is 18.1 Å². The molecule has 78 valence electrons. The Morgan fingerprint density at radius 2 is 1.93 bits per heavy atom. The van der Waals surface area contributed by atoms with Crippen molar-refractivity contribution in [2.45, 2.75) is 23.5 Å². The van der Waals surface area contributed by atoms with Crippen molar-refractivity contribution in [1.29, 1.82) is 0 Å². The molecule has 0 heterocycles. The minimum absolute atomic E-state index is 0.354. The topological polar surface area (TPSA) is 66.5 Å². The Balaban J connectivity index is 2.78. The van der Waals surface area contributed by atoms with E-state index < -0.39 is 12.2 Å². The van der Waals surface area contributed by atoms with E-state index in [0.29, 0.717) is 23.4 Å². The highest BCUT2D eigenvalue weighted by molar-refractivity contribution is 7.80. The second-order valence-electron chi connectivity index (χ2n) is 3.15. The summed E-state index contributed by atoms with van der Waals surface area (Å²) in [6, 6.07) is 7.14. The van der Waals surface area contributed by atoms with Gasteiger partial charge in [-0.25, -0.2) is 0 Å². The van der Waals surface area contributed by atoms with Gasteiger partial charge < -0.3 is 15.9 Å². The van der Waals surface area contributed by atoms with Crippen LogP contribution in [0.15, 0.2) is 29.2 Å². The average Bonchev–Trinajstić information content (AvgIpc) is 2.18. The summed E-state index contributed by atoms with van der Waals surface area (Å²) in [5.74, 6) is 0. The Kier molecular flexibility index (Phi) is 4.41. The Labute approximate surface area is 89.0 Å². The van der Waals surface area contributed by atoms with Gasteiger partial charge in [-0.2, -0.15) is 0 Å². The fraction of sp³-hybridized carbons (Fsp3) is 0.400. The molecule has 2 atom stereocenters. The molecule has 0 amide bonds. The van der Waals surface area contributed by atoms with Gasteiger partial charge in [0.2, 0.25) is 0 Å². The minimum Gasteiger partial charge on any atom is -0.390 e. The van der Waals surface area contributed by atoms with Gasteiger partial charge in [-0.3, -0.25) is 0 Å². The van der Waals surface area contributed by atoms with E-state index in [1.165, 1.54) is 0 Å². The second-order valence-corrected chi connectivity index (χ2v) is 3.63. The number of rotatable bonds is 4. The van der Waals surface area contributed by atoms with Gasteiger partial charge in [-0.1, -0.05) is 18.2 Å². The van der Waals surface area contributed by atoms with Crippen LogP contribution in [-0.4, -0.2) is 22.9 Å². The molecule has 4 heteroatoms. The molecule has 0 saturated carbocycles. The molecule has 0 aliphatic carbocycles. The molecule has 0 aliphatic rings. The fourth-order valence-corrected chi connectivity index (χ4v) is 1.57. The third-order valence-electron chi connectivity index (χ3n) is 2.08. The maximum Gasteiger partial charge on any atom is 0.106 e. The summed E-state index contributed by atoms with van der Waals surface area (Å²) in [6.07, 6.45) is -1.36. The van der Waals surface area contributed by atoms with E-state index >= 15 is 0 Å². The molecule has 0 saturated heterocycles. The van der Waals surface area contributed by atoms with E-state index in [2.05, 4.69) is 12.6 Å². The molecular formula is C10H15NO2S. The van der Waals surface area contributed by atoms with Gasteiger partial charge in [0.25, 0.3) is 0 Å². The standard InChI is InChI=1S/C10H15NO2S/c11-6-5-8(12)10(13)7-3-1-2-4-9(7)14/h1-4,8,10,12-14H,5-6,11H2. The van der Waals surface area contributed by atoms with E-state index in [0.717, 1.165) is 0 Å². The highest BCUT2D eigenvalue weighted by Crippen LogP contribution is 2.24. The van der Waals surface area contributed by atoms with Crippen LogP contribution in [0.4, 0.5) is 0 Å². The lowest BCUT2D eigenvalue weighted by Crippen LogP contribution is -2.22. The number of aliphatic hydroxyl groups excluding tert-OH is 2. The van der Waals surface area contributed by atoms with Gasteiger partial charge in [0.1, 0.15) is 6.10 Å². The van der Waals surface area contributed by atoms with Crippen LogP contribution in [0.5, 0.6) is 0 Å². The number of aliphatic hydroxyl groups is 2. The maximum atomic E-state index is 9.75. The lowest BCUT2D eigenvalue weighted by Gasteiger charge is -2.18. The SMILES string of the molecule is NCCC(O)C(O)c1ccccc1S. The average molecular weight is 213 g/mol. The van der Waals surface area contributed by atoms with Gasteiger partial charge in [0.15, 0.2) is 0 Å². The molecular weight excluding hydrogens is 198 g/mol. The molecule has 2 unspecified atom stereocenters. The monoisotopic (exact) mass is 213 g/mol. The molecule has 0 bridgehead atoms. The maximum absolute atomic E-state index is 9.75. The minimum atomic E-state index is -0.910. The predicted octanol–water partition coefficient (Wildman–Crippen LogP) is 0.718. The molecule has 0 fully saturated rings. The first kappa shape index (κ1) is 11.5. The normalized spacial score (nSPS) is 15.1.